The molecule has 0 saturated carbocycles. The Hall–Kier alpha value is -4.73. The van der Waals surface area contributed by atoms with Crippen LogP contribution < -0.4 is 15.0 Å². The highest BCUT2D eigenvalue weighted by molar-refractivity contribution is 5.96. The van der Waals surface area contributed by atoms with Gasteiger partial charge in [0, 0.05) is 42.5 Å². The maximum absolute atomic E-state index is 13.8. The minimum atomic E-state index is -0.402. The van der Waals surface area contributed by atoms with Gasteiger partial charge in [-0.25, -0.2) is 13.9 Å². The zero-order valence-corrected chi connectivity index (χ0v) is 21.6. The lowest BCUT2D eigenvalue weighted by Gasteiger charge is -2.20. The molecule has 0 atom stereocenters. The number of benzene rings is 2. The van der Waals surface area contributed by atoms with Crippen LogP contribution in [0.2, 0.25) is 0 Å². The van der Waals surface area contributed by atoms with E-state index in [-0.39, 0.29) is 17.8 Å². The predicted molar refractivity (Wildman–Crippen MR) is 143 cm³/mol. The molecule has 0 saturated heterocycles. The lowest BCUT2D eigenvalue weighted by molar-refractivity contribution is 0.0942. The van der Waals surface area contributed by atoms with E-state index in [9.17, 15) is 9.18 Å². The summed E-state index contributed by atoms with van der Waals surface area (Å²) in [4.78, 5) is 19.3. The van der Waals surface area contributed by atoms with Gasteiger partial charge in [-0.05, 0) is 56.7 Å². The van der Waals surface area contributed by atoms with Crippen LogP contribution in [0.1, 0.15) is 35.5 Å². The Morgan fingerprint density at radius 3 is 2.74 bits per heavy atom. The quantitative estimate of drug-likeness (QED) is 0.298. The van der Waals surface area contributed by atoms with Gasteiger partial charge in [0.25, 0.3) is 5.91 Å². The zero-order valence-electron chi connectivity index (χ0n) is 21.6. The molecule has 194 valence electrons. The highest BCUT2D eigenvalue weighted by Crippen LogP contribution is 2.32. The number of ether oxygens (including phenoxy) is 1. The number of nitrogens with zero attached hydrogens (tertiary/aromatic N) is 5. The average Bonchev–Trinajstić information content (AvgIpc) is 3.53. The first-order chi connectivity index (χ1) is 18.3. The van der Waals surface area contributed by atoms with E-state index in [4.69, 9.17) is 4.74 Å². The van der Waals surface area contributed by atoms with Crippen molar-refractivity contribution < 1.29 is 13.9 Å². The number of carbonyl (C=O) groups is 1. The van der Waals surface area contributed by atoms with Gasteiger partial charge >= 0.3 is 0 Å². The second-order valence-corrected chi connectivity index (χ2v) is 9.40. The molecule has 9 nitrogen and oxygen atoms in total. The van der Waals surface area contributed by atoms with Crippen molar-refractivity contribution >= 4 is 17.2 Å². The van der Waals surface area contributed by atoms with Crippen LogP contribution in [-0.2, 0) is 6.54 Å². The first-order valence-electron chi connectivity index (χ1n) is 12.2. The van der Waals surface area contributed by atoms with Gasteiger partial charge in [-0.3, -0.25) is 9.89 Å². The van der Waals surface area contributed by atoms with Gasteiger partial charge in [-0.15, -0.1) is 5.10 Å². The average molecular weight is 514 g/mol. The fourth-order valence-corrected chi connectivity index (χ4v) is 4.24. The molecule has 0 aliphatic carbocycles. The Morgan fingerprint density at radius 1 is 1.18 bits per heavy atom. The van der Waals surface area contributed by atoms with E-state index < -0.39 is 5.82 Å². The summed E-state index contributed by atoms with van der Waals surface area (Å²) in [6.45, 7) is 6.30. The van der Waals surface area contributed by atoms with Gasteiger partial charge in [-0.2, -0.15) is 5.10 Å². The third kappa shape index (κ3) is 5.19. The van der Waals surface area contributed by atoms with E-state index in [1.807, 2.05) is 50.9 Å². The van der Waals surface area contributed by atoms with Gasteiger partial charge in [0.2, 0.25) is 5.88 Å². The molecule has 38 heavy (non-hydrogen) atoms. The van der Waals surface area contributed by atoms with Gasteiger partial charge in [0.1, 0.15) is 11.6 Å². The van der Waals surface area contributed by atoms with Gasteiger partial charge in [0.05, 0.1) is 29.8 Å². The number of aromatic amines is 1. The number of H-pyrrole nitrogens is 1. The molecule has 3 aromatic heterocycles. The first kappa shape index (κ1) is 24.9. The summed E-state index contributed by atoms with van der Waals surface area (Å²) < 4.78 is 21.5. The molecular weight excluding hydrogens is 485 g/mol. The Kier molecular flexibility index (Phi) is 6.78. The van der Waals surface area contributed by atoms with E-state index in [1.165, 1.54) is 12.1 Å². The predicted octanol–water partition coefficient (Wildman–Crippen LogP) is 5.13. The first-order valence-corrected chi connectivity index (χ1v) is 12.2. The molecular formula is C28H28FN7O2. The van der Waals surface area contributed by atoms with Crippen molar-refractivity contribution in [2.24, 2.45) is 0 Å². The largest absolute Gasteiger partial charge is 0.437 e. The molecule has 0 spiro atoms. The molecule has 0 radical (unpaired) electrons. The van der Waals surface area contributed by atoms with Crippen LogP contribution in [0.25, 0.3) is 16.9 Å². The number of imidazole rings is 1. The minimum Gasteiger partial charge on any atom is -0.437 e. The molecule has 5 aromatic rings. The molecule has 0 fully saturated rings. The van der Waals surface area contributed by atoms with Gasteiger partial charge in [0.15, 0.2) is 5.65 Å². The SMILES string of the molecule is Cc1cc(-c2cnc3c(N(C)Cc4ccn[nH]4)cc(Oc4cccc(F)c4)nn23)ccc1C(=O)NC(C)C. The summed E-state index contributed by atoms with van der Waals surface area (Å²) in [5, 5.41) is 14.6. The molecule has 0 bridgehead atoms. The molecule has 0 aliphatic rings. The summed E-state index contributed by atoms with van der Waals surface area (Å²) in [6, 6.07) is 15.2. The molecule has 0 unspecified atom stereocenters. The van der Waals surface area contributed by atoms with Gasteiger partial charge < -0.3 is 15.0 Å². The number of hydrogen-bond donors (Lipinski definition) is 2. The summed E-state index contributed by atoms with van der Waals surface area (Å²) in [5.41, 5.74) is 5.31. The normalized spacial score (nSPS) is 11.2. The number of aromatic nitrogens is 5. The van der Waals surface area contributed by atoms with E-state index in [0.717, 1.165) is 28.2 Å². The van der Waals surface area contributed by atoms with Crippen LogP contribution in [0.4, 0.5) is 10.1 Å². The van der Waals surface area contributed by atoms with Crippen molar-refractivity contribution in [3.8, 4) is 22.9 Å². The fourth-order valence-electron chi connectivity index (χ4n) is 4.24. The zero-order chi connectivity index (χ0) is 26.8. The summed E-state index contributed by atoms with van der Waals surface area (Å²) in [7, 11) is 1.93. The molecule has 3 heterocycles. The van der Waals surface area contributed by atoms with Crippen molar-refractivity contribution in [2.45, 2.75) is 33.4 Å². The van der Waals surface area contributed by atoms with Crippen molar-refractivity contribution in [3.63, 3.8) is 0 Å². The Bertz CT molecular complexity index is 1590. The van der Waals surface area contributed by atoms with Crippen LogP contribution in [-0.4, -0.2) is 43.8 Å². The Balaban J connectivity index is 1.58. The molecule has 5 rings (SSSR count). The monoisotopic (exact) mass is 513 g/mol. The van der Waals surface area contributed by atoms with Crippen molar-refractivity contribution in [3.05, 3.63) is 89.6 Å². The third-order valence-electron chi connectivity index (χ3n) is 6.01. The maximum Gasteiger partial charge on any atom is 0.251 e. The second-order valence-electron chi connectivity index (χ2n) is 9.40. The molecule has 0 aliphatic heterocycles. The maximum atomic E-state index is 13.8. The molecule has 2 aromatic carbocycles. The van der Waals surface area contributed by atoms with Crippen molar-refractivity contribution in [1.29, 1.82) is 0 Å². The van der Waals surface area contributed by atoms with Gasteiger partial charge in [-0.1, -0.05) is 12.1 Å². The summed E-state index contributed by atoms with van der Waals surface area (Å²) in [5.74, 6) is 0.0879. The lowest BCUT2D eigenvalue weighted by atomic mass is 10.0. The second kappa shape index (κ2) is 10.3. The highest BCUT2D eigenvalue weighted by Gasteiger charge is 2.19. The standard InChI is InChI=1S/C28H28FN7O2/c1-17(2)32-28(37)23-9-8-19(12-18(23)3)25-15-30-27-24(35(4)16-21-10-11-31-33-21)14-26(34-36(25)27)38-22-7-5-6-20(29)13-22/h5-15,17H,16H2,1-4H3,(H,31,33)(H,32,37). The molecule has 2 N–H and O–H groups in total. The number of nitrogens with one attached hydrogen (secondary N) is 2. The highest BCUT2D eigenvalue weighted by atomic mass is 19.1. The Labute approximate surface area is 219 Å². The summed E-state index contributed by atoms with van der Waals surface area (Å²) >= 11 is 0. The minimum absolute atomic E-state index is 0.0400. The number of aryl methyl sites for hydroxylation is 1. The number of amides is 1. The number of rotatable bonds is 8. The topological polar surface area (TPSA) is 100 Å². The van der Waals surface area contributed by atoms with Crippen LogP contribution >= 0.6 is 0 Å². The van der Waals surface area contributed by atoms with Crippen LogP contribution in [0, 0.1) is 12.7 Å². The third-order valence-corrected chi connectivity index (χ3v) is 6.01. The number of anilines is 1. The van der Waals surface area contributed by atoms with Crippen LogP contribution in [0.5, 0.6) is 11.6 Å². The summed E-state index contributed by atoms with van der Waals surface area (Å²) in [6.07, 6.45) is 3.44. The van der Waals surface area contributed by atoms with E-state index in [0.29, 0.717) is 23.5 Å². The number of hydrogen-bond acceptors (Lipinski definition) is 6. The number of fused-ring (bicyclic) bond motifs is 1. The molecule has 10 heteroatoms. The fraction of sp³-hybridized carbons (Fsp3) is 0.214. The number of halogens is 1. The van der Waals surface area contributed by atoms with E-state index >= 15 is 0 Å². The van der Waals surface area contributed by atoms with E-state index in [2.05, 4.69) is 25.6 Å². The Morgan fingerprint density at radius 2 is 2.03 bits per heavy atom. The van der Waals surface area contributed by atoms with E-state index in [1.54, 1.807) is 41.2 Å². The smallest absolute Gasteiger partial charge is 0.251 e. The van der Waals surface area contributed by atoms with Crippen LogP contribution in [0.3, 0.4) is 0 Å². The number of carbonyl (C=O) groups excluding carboxylic acids is 1. The van der Waals surface area contributed by atoms with Crippen LogP contribution in [0.15, 0.2) is 67.0 Å². The molecule has 1 amide bonds. The van der Waals surface area contributed by atoms with Crippen molar-refractivity contribution in [2.75, 3.05) is 11.9 Å². The van der Waals surface area contributed by atoms with Crippen molar-refractivity contribution in [1.82, 2.24) is 30.1 Å². The lowest BCUT2D eigenvalue weighted by Crippen LogP contribution is -2.30.